The van der Waals surface area contributed by atoms with E-state index in [0.717, 1.165) is 27.8 Å². The highest BCUT2D eigenvalue weighted by Crippen LogP contribution is 2.44. The number of aliphatic carboxylic acids is 1. The van der Waals surface area contributed by atoms with Crippen molar-refractivity contribution in [1.82, 2.24) is 5.32 Å². The fourth-order valence-electron chi connectivity index (χ4n) is 4.93. The van der Waals surface area contributed by atoms with Gasteiger partial charge in [-0.2, -0.15) is 0 Å². The summed E-state index contributed by atoms with van der Waals surface area (Å²) in [5.74, 6) is -1.44. The third kappa shape index (κ3) is 3.90. The topological polar surface area (TPSA) is 95.9 Å². The summed E-state index contributed by atoms with van der Waals surface area (Å²) in [6.45, 7) is 0.245. The zero-order valence-electron chi connectivity index (χ0n) is 18.4. The molecule has 2 aliphatic rings. The number of para-hydroxylation sites is 1. The van der Waals surface area contributed by atoms with Crippen molar-refractivity contribution in [3.05, 3.63) is 89.5 Å². The molecule has 3 aromatic rings. The molecule has 0 saturated carbocycles. The molecule has 2 amide bonds. The lowest BCUT2D eigenvalue weighted by molar-refractivity contribution is -0.139. The molecule has 3 aromatic carbocycles. The van der Waals surface area contributed by atoms with Crippen LogP contribution < -0.4 is 10.2 Å². The molecule has 34 heavy (non-hydrogen) atoms. The van der Waals surface area contributed by atoms with Gasteiger partial charge < -0.3 is 15.2 Å². The second-order valence-corrected chi connectivity index (χ2v) is 8.45. The number of carbonyl (C=O) groups excluding carboxylic acids is 2. The molecular weight excluding hydrogens is 432 g/mol. The van der Waals surface area contributed by atoms with Crippen LogP contribution in [0.4, 0.5) is 10.5 Å². The number of rotatable bonds is 6. The Labute approximate surface area is 197 Å². The van der Waals surface area contributed by atoms with Gasteiger partial charge >= 0.3 is 12.1 Å². The van der Waals surface area contributed by atoms with E-state index in [9.17, 15) is 19.5 Å². The Hall–Kier alpha value is -4.13. The number of hydrogen-bond donors (Lipinski definition) is 2. The third-order valence-corrected chi connectivity index (χ3v) is 6.48. The highest BCUT2D eigenvalue weighted by atomic mass is 16.5. The molecule has 0 unspecified atom stereocenters. The van der Waals surface area contributed by atoms with Crippen LogP contribution in [0.3, 0.4) is 0 Å². The van der Waals surface area contributed by atoms with E-state index in [1.165, 1.54) is 4.90 Å². The van der Waals surface area contributed by atoms with Crippen LogP contribution in [0.15, 0.2) is 72.8 Å². The molecule has 1 aliphatic heterocycles. The van der Waals surface area contributed by atoms with E-state index in [0.29, 0.717) is 5.69 Å². The largest absolute Gasteiger partial charge is 0.480 e. The van der Waals surface area contributed by atoms with Gasteiger partial charge in [0.1, 0.15) is 12.6 Å². The maximum atomic E-state index is 12.8. The summed E-state index contributed by atoms with van der Waals surface area (Å²) in [7, 11) is 0. The number of alkyl carbamates (subject to hydrolysis) is 1. The minimum atomic E-state index is -1.05. The van der Waals surface area contributed by atoms with E-state index in [4.69, 9.17) is 4.74 Å². The average molecular weight is 456 g/mol. The minimum absolute atomic E-state index is 0.0255. The number of nitrogens with zero attached hydrogens (tertiary/aromatic N) is 1. The number of carboxylic acids is 1. The van der Waals surface area contributed by atoms with Crippen molar-refractivity contribution < 1.29 is 24.2 Å². The predicted octanol–water partition coefficient (Wildman–Crippen LogP) is 3.96. The van der Waals surface area contributed by atoms with E-state index < -0.39 is 18.1 Å². The van der Waals surface area contributed by atoms with E-state index >= 15 is 0 Å². The standard InChI is InChI=1S/C27H24N2O5/c30-25(29-23-12-6-1-7-17(23)15-24(29)26(31)32)13-14-28-27(33)34-16-22-20-10-4-2-8-18(20)19-9-3-5-11-21(19)22/h1-12,22,24H,13-16H2,(H,28,33)(H,31,32)/t24-/m0/s1. The van der Waals surface area contributed by atoms with E-state index in [1.54, 1.807) is 12.1 Å². The van der Waals surface area contributed by atoms with Gasteiger partial charge in [-0.1, -0.05) is 66.7 Å². The van der Waals surface area contributed by atoms with Gasteiger partial charge in [-0.15, -0.1) is 0 Å². The Morgan fingerprint density at radius 1 is 0.912 bits per heavy atom. The maximum absolute atomic E-state index is 12.8. The quantitative estimate of drug-likeness (QED) is 0.585. The summed E-state index contributed by atoms with van der Waals surface area (Å²) in [6, 6.07) is 22.4. The molecular formula is C27H24N2O5. The molecule has 1 atom stereocenters. The SMILES string of the molecule is O=C(NCCC(=O)N1c2ccccc2C[C@H]1C(=O)O)OCC1c2ccccc2-c2ccccc21. The molecule has 0 fully saturated rings. The lowest BCUT2D eigenvalue weighted by Gasteiger charge is -2.22. The zero-order valence-corrected chi connectivity index (χ0v) is 18.4. The fraction of sp³-hybridized carbons (Fsp3) is 0.222. The van der Waals surface area contributed by atoms with Crippen molar-refractivity contribution in [2.45, 2.75) is 24.8 Å². The van der Waals surface area contributed by atoms with Gasteiger partial charge in [0, 0.05) is 31.0 Å². The second-order valence-electron chi connectivity index (χ2n) is 8.45. The van der Waals surface area contributed by atoms with Gasteiger partial charge in [0.15, 0.2) is 0 Å². The molecule has 1 heterocycles. The number of hydrogen-bond acceptors (Lipinski definition) is 4. The van der Waals surface area contributed by atoms with Crippen molar-refractivity contribution >= 4 is 23.7 Å². The number of fused-ring (bicyclic) bond motifs is 4. The van der Waals surface area contributed by atoms with Gasteiger partial charge in [0.25, 0.3) is 0 Å². The lowest BCUT2D eigenvalue weighted by atomic mass is 9.98. The number of carbonyl (C=O) groups is 3. The molecule has 7 nitrogen and oxygen atoms in total. The van der Waals surface area contributed by atoms with Crippen LogP contribution in [-0.4, -0.2) is 42.3 Å². The van der Waals surface area contributed by atoms with Gasteiger partial charge in [-0.25, -0.2) is 9.59 Å². The first-order valence-electron chi connectivity index (χ1n) is 11.3. The summed E-state index contributed by atoms with van der Waals surface area (Å²) in [5.41, 5.74) is 5.99. The molecule has 1 aliphatic carbocycles. The Morgan fingerprint density at radius 3 is 2.21 bits per heavy atom. The summed E-state index contributed by atoms with van der Waals surface area (Å²) < 4.78 is 5.49. The molecule has 0 radical (unpaired) electrons. The van der Waals surface area contributed by atoms with Crippen LogP contribution in [0.2, 0.25) is 0 Å². The van der Waals surface area contributed by atoms with Crippen molar-refractivity contribution in [3.8, 4) is 11.1 Å². The summed E-state index contributed by atoms with van der Waals surface area (Å²) in [6.07, 6.45) is -0.356. The smallest absolute Gasteiger partial charge is 0.407 e. The number of amides is 2. The normalized spacial score (nSPS) is 15.9. The van der Waals surface area contributed by atoms with Crippen LogP contribution in [-0.2, 0) is 20.7 Å². The van der Waals surface area contributed by atoms with E-state index in [1.807, 2.05) is 48.5 Å². The second kappa shape index (κ2) is 9.02. The van der Waals surface area contributed by atoms with Gasteiger partial charge in [0.2, 0.25) is 5.91 Å². The van der Waals surface area contributed by atoms with Crippen molar-refractivity contribution in [3.63, 3.8) is 0 Å². The van der Waals surface area contributed by atoms with Gasteiger partial charge in [0.05, 0.1) is 0 Å². The van der Waals surface area contributed by atoms with Crippen LogP contribution in [0.1, 0.15) is 29.0 Å². The molecule has 0 spiro atoms. The number of carboxylic acid groups (broad SMARTS) is 1. The van der Waals surface area contributed by atoms with Gasteiger partial charge in [-0.05, 0) is 33.9 Å². The molecule has 2 N–H and O–H groups in total. The summed E-state index contributed by atoms with van der Waals surface area (Å²) in [4.78, 5) is 38.1. The first-order valence-corrected chi connectivity index (χ1v) is 11.3. The average Bonchev–Trinajstić information content (AvgIpc) is 3.39. The monoisotopic (exact) mass is 456 g/mol. The third-order valence-electron chi connectivity index (χ3n) is 6.48. The number of ether oxygens (including phenoxy) is 1. The van der Waals surface area contributed by atoms with Gasteiger partial charge in [-0.3, -0.25) is 9.69 Å². The summed E-state index contributed by atoms with van der Waals surface area (Å²) in [5, 5.41) is 12.2. The van der Waals surface area contributed by atoms with Crippen LogP contribution in [0.25, 0.3) is 11.1 Å². The molecule has 0 aromatic heterocycles. The molecule has 0 saturated heterocycles. The molecule has 0 bridgehead atoms. The predicted molar refractivity (Wildman–Crippen MR) is 127 cm³/mol. The highest BCUT2D eigenvalue weighted by molar-refractivity contribution is 6.02. The number of benzene rings is 3. The van der Waals surface area contributed by atoms with E-state index in [2.05, 4.69) is 17.4 Å². The lowest BCUT2D eigenvalue weighted by Crippen LogP contribution is -2.44. The van der Waals surface area contributed by atoms with Crippen molar-refractivity contribution in [2.75, 3.05) is 18.1 Å². The van der Waals surface area contributed by atoms with E-state index in [-0.39, 0.29) is 37.8 Å². The summed E-state index contributed by atoms with van der Waals surface area (Å²) >= 11 is 0. The van der Waals surface area contributed by atoms with Crippen LogP contribution in [0.5, 0.6) is 0 Å². The Balaban J connectivity index is 1.17. The first-order chi connectivity index (χ1) is 16.5. The molecule has 5 rings (SSSR count). The molecule has 7 heteroatoms. The minimum Gasteiger partial charge on any atom is -0.480 e. The number of nitrogens with one attached hydrogen (secondary N) is 1. The highest BCUT2D eigenvalue weighted by Gasteiger charge is 2.37. The first kappa shape index (κ1) is 21.7. The number of anilines is 1. The Bertz CT molecular complexity index is 1230. The Kier molecular flexibility index (Phi) is 5.76. The Morgan fingerprint density at radius 2 is 1.53 bits per heavy atom. The molecule has 172 valence electrons. The zero-order chi connectivity index (χ0) is 23.7. The van der Waals surface area contributed by atoms with Crippen LogP contribution in [0, 0.1) is 0 Å². The van der Waals surface area contributed by atoms with Crippen molar-refractivity contribution in [2.24, 2.45) is 0 Å². The van der Waals surface area contributed by atoms with Crippen molar-refractivity contribution in [1.29, 1.82) is 0 Å². The fourth-order valence-corrected chi connectivity index (χ4v) is 4.93. The van der Waals surface area contributed by atoms with Crippen LogP contribution >= 0.6 is 0 Å². The maximum Gasteiger partial charge on any atom is 0.407 e.